The lowest BCUT2D eigenvalue weighted by molar-refractivity contribution is 0.277. The van der Waals surface area contributed by atoms with E-state index in [0.717, 1.165) is 0 Å². The quantitative estimate of drug-likeness (QED) is 0.289. The van der Waals surface area contributed by atoms with Crippen molar-refractivity contribution >= 4 is 34.1 Å². The molecule has 3 aromatic heterocycles. The molecule has 38 heavy (non-hydrogen) atoms. The molecule has 0 amide bonds. The first-order valence-electron chi connectivity index (χ1n) is 11.7. The fourth-order valence-electron chi connectivity index (χ4n) is 3.96. The van der Waals surface area contributed by atoms with Crippen molar-refractivity contribution in [3.63, 3.8) is 0 Å². The number of fused-ring (bicyclic) bond motifs is 1. The zero-order valence-corrected chi connectivity index (χ0v) is 20.9. The highest BCUT2D eigenvalue weighted by Gasteiger charge is 2.15. The zero-order chi connectivity index (χ0) is 26.5. The first-order chi connectivity index (χ1) is 18.5. The lowest BCUT2D eigenvalue weighted by Crippen LogP contribution is -2.25. The summed E-state index contributed by atoms with van der Waals surface area (Å²) in [5, 5.41) is 13.3. The van der Waals surface area contributed by atoms with Gasteiger partial charge in [-0.25, -0.2) is 19.9 Å². The smallest absolute Gasteiger partial charge is 0.267 e. The third-order valence-corrected chi connectivity index (χ3v) is 6.05. The number of pyridine rings is 1. The number of aliphatic hydroxyl groups excluding tert-OH is 1. The van der Waals surface area contributed by atoms with Gasteiger partial charge in [0.05, 0.1) is 33.9 Å². The minimum Gasteiger partial charge on any atom is -0.390 e. The first kappa shape index (κ1) is 24.9. The standard InChI is InChI=1S/C28H22ClN7O2/c29-22-10-5-11-23-25(22)28(38)36(20-8-2-1-3-9-20)24(35-23)14-15-31-27-21(26(30)32-17-33-27)13-12-18-6-4-7-19(16-37)34-18/h1-11,17,37H,14-16H2,(H3,30,31,32,33). The Morgan fingerprint density at radius 3 is 2.61 bits per heavy atom. The predicted molar refractivity (Wildman–Crippen MR) is 147 cm³/mol. The fraction of sp³-hybridized carbons (Fsp3) is 0.107. The van der Waals surface area contributed by atoms with Gasteiger partial charge in [0.15, 0.2) is 0 Å². The molecule has 0 spiro atoms. The van der Waals surface area contributed by atoms with E-state index in [-0.39, 0.29) is 18.0 Å². The summed E-state index contributed by atoms with van der Waals surface area (Å²) in [5.41, 5.74) is 8.49. The zero-order valence-electron chi connectivity index (χ0n) is 20.1. The van der Waals surface area contributed by atoms with Crippen LogP contribution in [-0.2, 0) is 13.0 Å². The summed E-state index contributed by atoms with van der Waals surface area (Å²) in [5.74, 6) is 7.15. The van der Waals surface area contributed by atoms with Gasteiger partial charge in [-0.2, -0.15) is 0 Å². The molecular weight excluding hydrogens is 502 g/mol. The summed E-state index contributed by atoms with van der Waals surface area (Å²) >= 11 is 6.36. The minimum atomic E-state index is -0.239. The Morgan fingerprint density at radius 2 is 1.79 bits per heavy atom. The molecule has 0 atom stereocenters. The first-order valence-corrected chi connectivity index (χ1v) is 12.1. The van der Waals surface area contributed by atoms with Crippen LogP contribution >= 0.6 is 11.6 Å². The summed E-state index contributed by atoms with van der Waals surface area (Å²) in [7, 11) is 0. The van der Waals surface area contributed by atoms with Gasteiger partial charge in [-0.1, -0.05) is 47.9 Å². The lowest BCUT2D eigenvalue weighted by atomic mass is 10.2. The van der Waals surface area contributed by atoms with Crippen molar-refractivity contribution in [1.29, 1.82) is 0 Å². The Kier molecular flexibility index (Phi) is 7.26. The molecule has 9 nitrogen and oxygen atoms in total. The highest BCUT2D eigenvalue weighted by atomic mass is 35.5. The molecule has 188 valence electrons. The van der Waals surface area contributed by atoms with E-state index in [1.807, 2.05) is 30.3 Å². The van der Waals surface area contributed by atoms with Crippen molar-refractivity contribution in [2.75, 3.05) is 17.6 Å². The van der Waals surface area contributed by atoms with E-state index in [1.165, 1.54) is 6.33 Å². The molecule has 0 aliphatic carbocycles. The number of nitrogen functional groups attached to an aromatic ring is 1. The van der Waals surface area contributed by atoms with Crippen molar-refractivity contribution in [2.45, 2.75) is 13.0 Å². The van der Waals surface area contributed by atoms with Gasteiger partial charge in [-0.3, -0.25) is 9.36 Å². The van der Waals surface area contributed by atoms with Crippen LogP contribution in [0, 0.1) is 11.8 Å². The van der Waals surface area contributed by atoms with Gasteiger partial charge < -0.3 is 16.2 Å². The maximum atomic E-state index is 13.5. The molecule has 2 aromatic carbocycles. The third-order valence-electron chi connectivity index (χ3n) is 5.73. The molecule has 0 radical (unpaired) electrons. The van der Waals surface area contributed by atoms with Crippen molar-refractivity contribution < 1.29 is 5.11 Å². The Hall–Kier alpha value is -4.78. The molecule has 0 aliphatic heterocycles. The lowest BCUT2D eigenvalue weighted by Gasteiger charge is -2.15. The van der Waals surface area contributed by atoms with Gasteiger partial charge >= 0.3 is 0 Å². The SMILES string of the molecule is Nc1ncnc(NCCc2nc3cccc(Cl)c3c(=O)n2-c2ccccc2)c1C#Cc1cccc(CO)n1. The van der Waals surface area contributed by atoms with Crippen molar-refractivity contribution in [3.8, 4) is 17.5 Å². The number of hydrogen-bond donors (Lipinski definition) is 3. The van der Waals surface area contributed by atoms with Gasteiger partial charge in [0.1, 0.15) is 35.0 Å². The van der Waals surface area contributed by atoms with E-state index in [1.54, 1.807) is 41.0 Å². The van der Waals surface area contributed by atoms with E-state index in [9.17, 15) is 9.90 Å². The van der Waals surface area contributed by atoms with E-state index >= 15 is 0 Å². The number of nitrogens with one attached hydrogen (secondary N) is 1. The number of rotatable bonds is 6. The molecule has 10 heteroatoms. The largest absolute Gasteiger partial charge is 0.390 e. The summed E-state index contributed by atoms with van der Waals surface area (Å²) in [6.07, 6.45) is 1.74. The summed E-state index contributed by atoms with van der Waals surface area (Å²) < 4.78 is 1.57. The second-order valence-corrected chi connectivity index (χ2v) is 8.63. The molecule has 0 aliphatic rings. The maximum Gasteiger partial charge on any atom is 0.267 e. The number of para-hydroxylation sites is 1. The predicted octanol–water partition coefficient (Wildman–Crippen LogP) is 3.35. The van der Waals surface area contributed by atoms with Gasteiger partial charge in [0, 0.05) is 13.0 Å². The Bertz CT molecular complexity index is 1740. The fourth-order valence-corrected chi connectivity index (χ4v) is 4.21. The van der Waals surface area contributed by atoms with E-state index in [0.29, 0.717) is 63.2 Å². The van der Waals surface area contributed by atoms with Crippen LogP contribution in [0.15, 0.2) is 77.9 Å². The molecular formula is C28H22ClN7O2. The van der Waals surface area contributed by atoms with E-state index < -0.39 is 0 Å². The molecule has 5 aromatic rings. The number of aromatic nitrogens is 5. The topological polar surface area (TPSA) is 132 Å². The van der Waals surface area contributed by atoms with E-state index in [2.05, 4.69) is 32.1 Å². The number of nitrogens with two attached hydrogens (primary N) is 1. The van der Waals surface area contributed by atoms with Crippen LogP contribution in [-0.4, -0.2) is 36.2 Å². The van der Waals surface area contributed by atoms with Gasteiger partial charge in [-0.15, -0.1) is 0 Å². The van der Waals surface area contributed by atoms with Crippen LogP contribution in [0.1, 0.15) is 22.8 Å². The molecule has 0 fully saturated rings. The van der Waals surface area contributed by atoms with Gasteiger partial charge in [0.25, 0.3) is 5.56 Å². The van der Waals surface area contributed by atoms with Crippen molar-refractivity contribution in [2.24, 2.45) is 0 Å². The molecule has 0 bridgehead atoms. The van der Waals surface area contributed by atoms with Crippen LogP contribution in [0.25, 0.3) is 16.6 Å². The summed E-state index contributed by atoms with van der Waals surface area (Å²) in [4.78, 5) is 30.9. The van der Waals surface area contributed by atoms with Crippen LogP contribution < -0.4 is 16.6 Å². The highest BCUT2D eigenvalue weighted by molar-refractivity contribution is 6.35. The van der Waals surface area contributed by atoms with Gasteiger partial charge in [0.2, 0.25) is 0 Å². The van der Waals surface area contributed by atoms with Crippen LogP contribution in [0.4, 0.5) is 11.6 Å². The van der Waals surface area contributed by atoms with Crippen molar-refractivity contribution in [1.82, 2.24) is 24.5 Å². The average Bonchev–Trinajstić information content (AvgIpc) is 2.93. The third kappa shape index (κ3) is 5.18. The molecule has 0 saturated heterocycles. The number of hydrogen-bond acceptors (Lipinski definition) is 8. The monoisotopic (exact) mass is 523 g/mol. The second-order valence-electron chi connectivity index (χ2n) is 8.22. The van der Waals surface area contributed by atoms with Crippen LogP contribution in [0.3, 0.4) is 0 Å². The number of nitrogens with zero attached hydrogens (tertiary/aromatic N) is 5. The van der Waals surface area contributed by atoms with Gasteiger partial charge in [-0.05, 0) is 42.3 Å². The Balaban J connectivity index is 1.46. The van der Waals surface area contributed by atoms with Crippen LogP contribution in [0.5, 0.6) is 0 Å². The summed E-state index contributed by atoms with van der Waals surface area (Å²) in [6, 6.07) is 19.7. The number of halogens is 1. The van der Waals surface area contributed by atoms with E-state index in [4.69, 9.17) is 22.3 Å². The molecule has 3 heterocycles. The molecule has 0 saturated carbocycles. The van der Waals surface area contributed by atoms with Crippen molar-refractivity contribution in [3.05, 3.63) is 111 Å². The average molecular weight is 524 g/mol. The van der Waals surface area contributed by atoms with Crippen LogP contribution in [0.2, 0.25) is 5.02 Å². The normalized spacial score (nSPS) is 10.7. The Morgan fingerprint density at radius 1 is 0.974 bits per heavy atom. The Labute approximate surface area is 223 Å². The number of aliphatic hydroxyl groups is 1. The molecule has 5 rings (SSSR count). The summed E-state index contributed by atoms with van der Waals surface area (Å²) in [6.45, 7) is 0.205. The highest BCUT2D eigenvalue weighted by Crippen LogP contribution is 2.21. The molecule has 4 N–H and O–H groups in total. The number of benzene rings is 2. The number of anilines is 2. The second kappa shape index (κ2) is 11.1. The minimum absolute atomic E-state index is 0.179. The maximum absolute atomic E-state index is 13.5. The molecule has 0 unspecified atom stereocenters.